The molecular weight excluding hydrogens is 482 g/mol. The molecule has 0 aliphatic heterocycles. The summed E-state index contributed by atoms with van der Waals surface area (Å²) in [7, 11) is 4.44. The summed E-state index contributed by atoms with van der Waals surface area (Å²) in [5.41, 5.74) is 9.27. The van der Waals surface area contributed by atoms with Crippen LogP contribution >= 0.6 is 0 Å². The van der Waals surface area contributed by atoms with Crippen LogP contribution in [-0.2, 0) is 13.2 Å². The van der Waals surface area contributed by atoms with Crippen LogP contribution in [0.3, 0.4) is 0 Å². The Morgan fingerprint density at radius 2 is 1.95 bits per heavy atom. The van der Waals surface area contributed by atoms with Gasteiger partial charge in [-0.05, 0) is 74.7 Å². The third-order valence-electron chi connectivity index (χ3n) is 7.79. The van der Waals surface area contributed by atoms with Gasteiger partial charge in [0.15, 0.2) is 5.82 Å². The molecule has 4 aromatic rings. The van der Waals surface area contributed by atoms with E-state index in [1.165, 1.54) is 5.56 Å². The molecular formula is C33H40N5O+. The Balaban J connectivity index is 1.44. The fraction of sp³-hybridized carbons (Fsp3) is 0.333. The van der Waals surface area contributed by atoms with Gasteiger partial charge in [0.1, 0.15) is 18.9 Å². The number of nitriles is 1. The number of aromatic nitrogens is 2. The lowest BCUT2D eigenvalue weighted by molar-refractivity contribution is -0.920. The predicted octanol–water partition coefficient (Wildman–Crippen LogP) is 6.68. The molecule has 6 heteroatoms. The largest absolute Gasteiger partial charge is 0.489 e. The van der Waals surface area contributed by atoms with E-state index >= 15 is 0 Å². The van der Waals surface area contributed by atoms with Crippen molar-refractivity contribution in [2.24, 2.45) is 0 Å². The third-order valence-corrected chi connectivity index (χ3v) is 7.79. The Morgan fingerprint density at radius 1 is 1.15 bits per heavy atom. The van der Waals surface area contributed by atoms with E-state index in [9.17, 15) is 5.26 Å². The second kappa shape index (κ2) is 11.8. The molecule has 3 aromatic carbocycles. The minimum atomic E-state index is 0.368. The van der Waals surface area contributed by atoms with Crippen LogP contribution < -0.4 is 9.64 Å². The Hall–Kier alpha value is -4.08. The molecule has 0 aliphatic carbocycles. The molecule has 0 fully saturated rings. The molecule has 0 saturated carbocycles. The Morgan fingerprint density at radius 3 is 2.67 bits per heavy atom. The maximum absolute atomic E-state index is 9.50. The summed E-state index contributed by atoms with van der Waals surface area (Å²) in [5, 5.41) is 9.50. The van der Waals surface area contributed by atoms with Crippen LogP contribution in [0.2, 0.25) is 0 Å². The molecule has 1 heterocycles. The SMILES string of the molecule is C=Cc1cc(C)c2nc(C[N+](C)(CC)CCN(C)c3cccc(OCc4ccc(C)cc4C#N)c3C)[nH]c2c1. The minimum Gasteiger partial charge on any atom is -0.489 e. The van der Waals surface area contributed by atoms with E-state index in [4.69, 9.17) is 9.72 Å². The number of imidazole rings is 1. The molecule has 0 bridgehead atoms. The van der Waals surface area contributed by atoms with Crippen molar-refractivity contribution in [3.63, 3.8) is 0 Å². The normalized spacial score (nSPS) is 12.6. The predicted molar refractivity (Wildman–Crippen MR) is 161 cm³/mol. The number of aryl methyl sites for hydroxylation is 2. The monoisotopic (exact) mass is 522 g/mol. The summed E-state index contributed by atoms with van der Waals surface area (Å²) in [6.45, 7) is 16.4. The highest BCUT2D eigenvalue weighted by atomic mass is 16.5. The fourth-order valence-corrected chi connectivity index (χ4v) is 5.03. The minimum absolute atomic E-state index is 0.368. The average Bonchev–Trinajstić information content (AvgIpc) is 3.34. The van der Waals surface area contributed by atoms with Gasteiger partial charge in [0.05, 0.1) is 49.3 Å². The van der Waals surface area contributed by atoms with Gasteiger partial charge in [-0.15, -0.1) is 0 Å². The van der Waals surface area contributed by atoms with E-state index in [2.05, 4.69) is 75.6 Å². The second-order valence-electron chi connectivity index (χ2n) is 10.8. The Labute approximate surface area is 232 Å². The molecule has 1 aromatic heterocycles. The Kier molecular flexibility index (Phi) is 8.42. The molecule has 0 amide bonds. The highest BCUT2D eigenvalue weighted by Gasteiger charge is 2.23. The molecule has 6 nitrogen and oxygen atoms in total. The van der Waals surface area contributed by atoms with Crippen LogP contribution in [0, 0.1) is 32.1 Å². The van der Waals surface area contributed by atoms with Gasteiger partial charge in [-0.2, -0.15) is 5.26 Å². The highest BCUT2D eigenvalue weighted by molar-refractivity contribution is 5.81. The number of aromatic amines is 1. The van der Waals surface area contributed by atoms with Gasteiger partial charge < -0.3 is 19.1 Å². The van der Waals surface area contributed by atoms with Gasteiger partial charge in [0.25, 0.3) is 0 Å². The van der Waals surface area contributed by atoms with Gasteiger partial charge >= 0.3 is 0 Å². The zero-order valence-corrected chi connectivity index (χ0v) is 24.1. The second-order valence-corrected chi connectivity index (χ2v) is 10.8. The molecule has 202 valence electrons. The lowest BCUT2D eigenvalue weighted by atomic mass is 10.1. The van der Waals surface area contributed by atoms with Crippen molar-refractivity contribution >= 4 is 22.8 Å². The van der Waals surface area contributed by atoms with Gasteiger partial charge in [-0.3, -0.25) is 0 Å². The summed E-state index contributed by atoms with van der Waals surface area (Å²) >= 11 is 0. The van der Waals surface area contributed by atoms with Gasteiger partial charge in [0, 0.05) is 23.9 Å². The molecule has 0 aliphatic rings. The number of nitrogens with one attached hydrogen (secondary N) is 1. The molecule has 1 unspecified atom stereocenters. The first-order valence-electron chi connectivity index (χ1n) is 13.5. The van der Waals surface area contributed by atoms with Crippen LogP contribution in [0.25, 0.3) is 17.1 Å². The van der Waals surface area contributed by atoms with E-state index in [1.54, 1.807) is 0 Å². The smallest absolute Gasteiger partial charge is 0.162 e. The number of quaternary nitrogens is 1. The van der Waals surface area contributed by atoms with Crippen molar-refractivity contribution in [2.75, 3.05) is 38.6 Å². The molecule has 0 spiro atoms. The van der Waals surface area contributed by atoms with E-state index in [1.807, 2.05) is 43.3 Å². The molecule has 0 radical (unpaired) electrons. The number of anilines is 1. The van der Waals surface area contributed by atoms with Crippen molar-refractivity contribution in [3.05, 3.63) is 94.3 Å². The number of fused-ring (bicyclic) bond motifs is 1. The van der Waals surface area contributed by atoms with E-state index in [0.29, 0.717) is 12.2 Å². The van der Waals surface area contributed by atoms with Crippen molar-refractivity contribution in [1.82, 2.24) is 9.97 Å². The standard InChI is InChI=1S/C33H40N5O/c1-8-26-18-24(4)33-29(19-26)35-32(36-33)21-38(7,9-2)16-15-37(6)30-11-10-12-31(25(30)5)39-22-27-14-13-23(3)17-28(27)20-34/h8,10-14,17-19H,1,9,15-16,21-22H2,2-7H3,(H,35,36)/q+1. The van der Waals surface area contributed by atoms with E-state index in [-0.39, 0.29) is 0 Å². The zero-order valence-electron chi connectivity index (χ0n) is 24.1. The summed E-state index contributed by atoms with van der Waals surface area (Å²) in [4.78, 5) is 10.8. The number of hydrogen-bond acceptors (Lipinski definition) is 4. The lowest BCUT2D eigenvalue weighted by Gasteiger charge is -2.35. The van der Waals surface area contributed by atoms with Gasteiger partial charge in [0.2, 0.25) is 0 Å². The first kappa shape index (κ1) is 27.9. The van der Waals surface area contributed by atoms with Crippen LogP contribution in [0.4, 0.5) is 5.69 Å². The van der Waals surface area contributed by atoms with Crippen molar-refractivity contribution < 1.29 is 9.22 Å². The van der Waals surface area contributed by atoms with Crippen molar-refractivity contribution in [2.45, 2.75) is 40.8 Å². The number of likely N-dealkylation sites (N-methyl/N-ethyl adjacent to an activating group) is 2. The lowest BCUT2D eigenvalue weighted by Crippen LogP contribution is -2.47. The number of H-pyrrole nitrogens is 1. The summed E-state index contributed by atoms with van der Waals surface area (Å²) in [5.74, 6) is 1.86. The van der Waals surface area contributed by atoms with Crippen LogP contribution in [0.1, 0.15) is 46.1 Å². The Bertz CT molecular complexity index is 1530. The summed E-state index contributed by atoms with van der Waals surface area (Å²) in [6, 6.07) is 18.6. The average molecular weight is 523 g/mol. The molecule has 1 atom stereocenters. The summed E-state index contributed by atoms with van der Waals surface area (Å²) in [6.07, 6.45) is 1.88. The van der Waals surface area contributed by atoms with E-state index < -0.39 is 0 Å². The summed E-state index contributed by atoms with van der Waals surface area (Å²) < 4.78 is 7.07. The molecule has 4 rings (SSSR count). The highest BCUT2D eigenvalue weighted by Crippen LogP contribution is 2.29. The first-order valence-corrected chi connectivity index (χ1v) is 13.5. The topological polar surface area (TPSA) is 64.9 Å². The maximum Gasteiger partial charge on any atom is 0.162 e. The number of nitrogens with zero attached hydrogens (tertiary/aromatic N) is 4. The quantitative estimate of drug-likeness (QED) is 0.223. The number of ether oxygens (including phenoxy) is 1. The fourth-order valence-electron chi connectivity index (χ4n) is 5.03. The molecule has 39 heavy (non-hydrogen) atoms. The van der Waals surface area contributed by atoms with E-state index in [0.717, 1.165) is 81.2 Å². The van der Waals surface area contributed by atoms with Gasteiger partial charge in [-0.25, -0.2) is 4.98 Å². The first-order chi connectivity index (χ1) is 18.7. The number of hydrogen-bond donors (Lipinski definition) is 1. The number of benzene rings is 3. The number of rotatable bonds is 11. The molecule has 0 saturated heterocycles. The molecule has 1 N–H and O–H groups in total. The van der Waals surface area contributed by atoms with Crippen LogP contribution in [-0.4, -0.2) is 48.2 Å². The van der Waals surface area contributed by atoms with Crippen molar-refractivity contribution in [3.8, 4) is 11.8 Å². The van der Waals surface area contributed by atoms with Gasteiger partial charge in [-0.1, -0.05) is 30.9 Å². The van der Waals surface area contributed by atoms with Crippen LogP contribution in [0.5, 0.6) is 5.75 Å². The zero-order chi connectivity index (χ0) is 28.2. The van der Waals surface area contributed by atoms with Crippen molar-refractivity contribution in [1.29, 1.82) is 5.26 Å². The van der Waals surface area contributed by atoms with Crippen LogP contribution in [0.15, 0.2) is 55.1 Å². The third kappa shape index (κ3) is 6.32. The maximum atomic E-state index is 9.50.